The lowest BCUT2D eigenvalue weighted by Crippen LogP contribution is -2.64. The normalized spacial score (nSPS) is 26.1. The first kappa shape index (κ1) is 43.8. The van der Waals surface area contributed by atoms with Crippen LogP contribution in [0.5, 0.6) is 0 Å². The van der Waals surface area contributed by atoms with Crippen molar-refractivity contribution < 1.29 is 0 Å². The summed E-state index contributed by atoms with van der Waals surface area (Å²) in [5.41, 5.74) is 23.0. The van der Waals surface area contributed by atoms with Gasteiger partial charge in [0, 0.05) is 54.1 Å². The van der Waals surface area contributed by atoms with Crippen molar-refractivity contribution >= 4 is 83.6 Å². The highest BCUT2D eigenvalue weighted by atomic mass is 32.1. The van der Waals surface area contributed by atoms with Crippen LogP contribution in [0.1, 0.15) is 180 Å². The molecule has 4 aliphatic heterocycles. The Bertz CT molecular complexity index is 3090. The molecule has 3 nitrogen and oxygen atoms in total. The van der Waals surface area contributed by atoms with E-state index < -0.39 is 0 Å². The van der Waals surface area contributed by atoms with Gasteiger partial charge in [0.05, 0.1) is 22.5 Å². The van der Waals surface area contributed by atoms with Crippen molar-refractivity contribution in [2.24, 2.45) is 0 Å². The van der Waals surface area contributed by atoms with E-state index in [1.807, 2.05) is 0 Å². The van der Waals surface area contributed by atoms with E-state index in [0.29, 0.717) is 0 Å². The van der Waals surface area contributed by atoms with E-state index >= 15 is 0 Å². The summed E-state index contributed by atoms with van der Waals surface area (Å²) in [6.45, 7) is 37.0. The van der Waals surface area contributed by atoms with Crippen LogP contribution >= 0.6 is 11.3 Å². The molecule has 6 aliphatic rings. The molecular formula is C62H74BN3S. The molecule has 0 amide bonds. The second-order valence-corrected chi connectivity index (χ2v) is 27.3. The van der Waals surface area contributed by atoms with E-state index in [9.17, 15) is 0 Å². The minimum atomic E-state index is -0.0853. The van der Waals surface area contributed by atoms with Gasteiger partial charge in [0.15, 0.2) is 0 Å². The Balaban J connectivity index is 1.24. The van der Waals surface area contributed by atoms with Gasteiger partial charge in [0.2, 0.25) is 0 Å². The summed E-state index contributed by atoms with van der Waals surface area (Å²) in [7, 11) is 0. The Hall–Kier alpha value is -4.48. The molecule has 5 aromatic carbocycles. The molecular weight excluding hydrogens is 830 g/mol. The Morgan fingerprint density at radius 3 is 1.72 bits per heavy atom. The van der Waals surface area contributed by atoms with Gasteiger partial charge in [-0.3, -0.25) is 0 Å². The third-order valence-electron chi connectivity index (χ3n) is 19.2. The largest absolute Gasteiger partial charge is 0.335 e. The van der Waals surface area contributed by atoms with Crippen LogP contribution < -0.4 is 30.4 Å². The summed E-state index contributed by atoms with van der Waals surface area (Å²) in [5.74, 6) is 0. The number of nitrogens with zero attached hydrogens (tertiary/aromatic N) is 3. The maximum absolute atomic E-state index is 2.98. The molecule has 12 rings (SSSR count). The molecule has 4 atom stereocenters. The zero-order chi connectivity index (χ0) is 47.3. The average Bonchev–Trinajstić information content (AvgIpc) is 3.81. The number of anilines is 7. The lowest BCUT2D eigenvalue weighted by atomic mass is 9.36. The minimum Gasteiger partial charge on any atom is -0.335 e. The van der Waals surface area contributed by atoms with Crippen molar-refractivity contribution in [3.63, 3.8) is 0 Å². The van der Waals surface area contributed by atoms with Gasteiger partial charge in [-0.25, -0.2) is 0 Å². The fraction of sp³-hybridized carbons (Fsp3) is 0.484. The molecule has 0 N–H and O–H groups in total. The molecule has 6 aromatic rings. The molecule has 5 heterocycles. The van der Waals surface area contributed by atoms with Gasteiger partial charge >= 0.3 is 0 Å². The third kappa shape index (κ3) is 5.59. The lowest BCUT2D eigenvalue weighted by Gasteiger charge is -2.53. The maximum Gasteiger partial charge on any atom is 0.264 e. The first-order chi connectivity index (χ1) is 31.4. The number of thiophene rings is 1. The van der Waals surface area contributed by atoms with Crippen molar-refractivity contribution in [2.75, 3.05) is 14.7 Å². The molecule has 4 unspecified atom stereocenters. The standard InChI is InChI=1S/C62H74BN3S/c1-37-30-40(57(6,7)8)31-38(2)52(37)64-48-35-42(65-47-25-24-39(56(3,4)5)32-44(47)59(12)26-18-20-28-61(59,65)14)36-49-51(48)63(55-53(64)43-22-16-17-23-50(43)67-55)46-34-41(58(9,10)11)33-45-54(46)66(49)62(15)29-21-19-27-60(45,62)13/h16-17,22-25,30-36H,18-21,26-29H2,1-15H3. The Morgan fingerprint density at radius 1 is 0.522 bits per heavy atom. The number of hydrogen-bond acceptors (Lipinski definition) is 4. The number of aryl methyl sites for hydroxylation is 2. The van der Waals surface area contributed by atoms with Crippen molar-refractivity contribution in [3.8, 4) is 0 Å². The van der Waals surface area contributed by atoms with E-state index in [0.717, 1.165) is 0 Å². The summed E-state index contributed by atoms with van der Waals surface area (Å²) in [5, 5.41) is 1.37. The molecule has 0 radical (unpaired) electrons. The van der Waals surface area contributed by atoms with E-state index in [2.05, 4.69) is 209 Å². The molecule has 67 heavy (non-hydrogen) atoms. The highest BCUT2D eigenvalue weighted by Crippen LogP contribution is 2.65. The number of hydrogen-bond donors (Lipinski definition) is 0. The fourth-order valence-corrected chi connectivity index (χ4v) is 16.2. The van der Waals surface area contributed by atoms with Crippen LogP contribution in [-0.4, -0.2) is 17.8 Å². The second kappa shape index (κ2) is 13.6. The van der Waals surface area contributed by atoms with E-state index in [1.165, 1.54) is 145 Å². The number of fused-ring (bicyclic) bond motifs is 12. The second-order valence-electron chi connectivity index (χ2n) is 26.2. The van der Waals surface area contributed by atoms with Crippen molar-refractivity contribution in [1.82, 2.24) is 0 Å². The molecule has 2 saturated carbocycles. The quantitative estimate of drug-likeness (QED) is 0.160. The van der Waals surface area contributed by atoms with Gasteiger partial charge in [-0.1, -0.05) is 156 Å². The lowest BCUT2D eigenvalue weighted by molar-refractivity contribution is 0.194. The SMILES string of the molecule is Cc1cc(C(C)(C)C)cc(C)c1N1c2cc(N3c4ccc(C(C)(C)C)cc4C4(C)CCCCC34C)cc3c2B(c2cc(C(C)(C)C)cc4c2N3C2(C)CCCCC42C)c2sc3ccccc3c21. The van der Waals surface area contributed by atoms with Gasteiger partial charge in [0.1, 0.15) is 0 Å². The van der Waals surface area contributed by atoms with E-state index in [-0.39, 0.29) is 44.9 Å². The highest BCUT2D eigenvalue weighted by Gasteiger charge is 2.63. The van der Waals surface area contributed by atoms with Crippen LogP contribution in [0.15, 0.2) is 78.9 Å². The number of benzene rings is 5. The fourth-order valence-electron chi connectivity index (χ4n) is 14.9. The smallest absolute Gasteiger partial charge is 0.264 e. The van der Waals surface area contributed by atoms with Crippen LogP contribution in [0.4, 0.5) is 39.8 Å². The van der Waals surface area contributed by atoms with Crippen LogP contribution in [0, 0.1) is 13.8 Å². The first-order valence-corrected chi connectivity index (χ1v) is 26.8. The molecule has 0 spiro atoms. The Kier molecular flexibility index (Phi) is 8.92. The minimum absolute atomic E-state index is 0.0121. The first-order valence-electron chi connectivity index (χ1n) is 26.0. The molecule has 0 saturated heterocycles. The topological polar surface area (TPSA) is 9.72 Å². The van der Waals surface area contributed by atoms with Gasteiger partial charge < -0.3 is 14.7 Å². The number of rotatable bonds is 2. The average molecular weight is 904 g/mol. The van der Waals surface area contributed by atoms with Crippen molar-refractivity contribution in [3.05, 3.63) is 118 Å². The zero-order valence-corrected chi connectivity index (χ0v) is 44.3. The molecule has 5 heteroatoms. The zero-order valence-electron chi connectivity index (χ0n) is 43.5. The van der Waals surface area contributed by atoms with E-state index in [1.54, 1.807) is 11.1 Å². The summed E-state index contributed by atoms with van der Waals surface area (Å²) in [6, 6.07) is 32.7. The Morgan fingerprint density at radius 2 is 1.07 bits per heavy atom. The molecule has 0 bridgehead atoms. The summed E-state index contributed by atoms with van der Waals surface area (Å²) in [4.78, 5) is 8.66. The third-order valence-corrected chi connectivity index (χ3v) is 20.4. The van der Waals surface area contributed by atoms with Gasteiger partial charge in [0.25, 0.3) is 6.71 Å². The summed E-state index contributed by atoms with van der Waals surface area (Å²) >= 11 is 2.05. The van der Waals surface area contributed by atoms with Crippen LogP contribution in [0.3, 0.4) is 0 Å². The Labute approximate surface area is 407 Å². The van der Waals surface area contributed by atoms with Crippen LogP contribution in [0.25, 0.3) is 10.1 Å². The summed E-state index contributed by atoms with van der Waals surface area (Å²) < 4.78 is 2.87. The molecule has 1 aromatic heterocycles. The van der Waals surface area contributed by atoms with Crippen LogP contribution in [-0.2, 0) is 27.1 Å². The van der Waals surface area contributed by atoms with E-state index in [4.69, 9.17) is 0 Å². The van der Waals surface area contributed by atoms with Gasteiger partial charge in [-0.05, 0) is 144 Å². The van der Waals surface area contributed by atoms with Crippen LogP contribution in [0.2, 0.25) is 0 Å². The summed E-state index contributed by atoms with van der Waals surface area (Å²) in [6.07, 6.45) is 9.88. The predicted octanol–water partition coefficient (Wildman–Crippen LogP) is 15.5. The van der Waals surface area contributed by atoms with Crippen molar-refractivity contribution in [1.29, 1.82) is 0 Å². The molecule has 2 aliphatic carbocycles. The monoisotopic (exact) mass is 904 g/mol. The predicted molar refractivity (Wildman–Crippen MR) is 292 cm³/mol. The van der Waals surface area contributed by atoms with Gasteiger partial charge in [-0.15, -0.1) is 11.3 Å². The molecule has 346 valence electrons. The van der Waals surface area contributed by atoms with Gasteiger partial charge in [-0.2, -0.15) is 0 Å². The maximum atomic E-state index is 2.98. The van der Waals surface area contributed by atoms with Crippen molar-refractivity contribution in [2.45, 2.75) is 193 Å². The molecule has 2 fully saturated rings. The highest BCUT2D eigenvalue weighted by molar-refractivity contribution is 7.33.